The lowest BCUT2D eigenvalue weighted by Crippen LogP contribution is -2.23. The average molecular weight is 240 g/mol. The highest BCUT2D eigenvalue weighted by molar-refractivity contribution is 5.99. The van der Waals surface area contributed by atoms with Crippen LogP contribution in [0.2, 0.25) is 0 Å². The van der Waals surface area contributed by atoms with E-state index in [9.17, 15) is 4.79 Å². The molecular weight excluding hydrogens is 228 g/mol. The number of carbonyl (C=O) groups excluding carboxylic acids is 1. The molecule has 5 nitrogen and oxygen atoms in total. The molecule has 0 saturated carbocycles. The van der Waals surface area contributed by atoms with Crippen LogP contribution < -0.4 is 11.2 Å². The van der Waals surface area contributed by atoms with Crippen LogP contribution in [0.4, 0.5) is 0 Å². The van der Waals surface area contributed by atoms with E-state index in [0.29, 0.717) is 11.1 Å². The monoisotopic (exact) mass is 240 g/mol. The Kier molecular flexibility index (Phi) is 3.66. The summed E-state index contributed by atoms with van der Waals surface area (Å²) in [7, 11) is 0. The van der Waals surface area contributed by atoms with E-state index >= 15 is 0 Å². The number of rotatable bonds is 3. The normalized spacial score (nSPS) is 11.0. The number of nitrogens with zero attached hydrogens (tertiary/aromatic N) is 2. The van der Waals surface area contributed by atoms with Crippen molar-refractivity contribution in [2.45, 2.75) is 0 Å². The van der Waals surface area contributed by atoms with E-state index in [-0.39, 0.29) is 11.7 Å². The van der Waals surface area contributed by atoms with Crippen LogP contribution in [0, 0.1) is 0 Å². The van der Waals surface area contributed by atoms with E-state index < -0.39 is 0 Å². The third-order valence-corrected chi connectivity index (χ3v) is 2.27. The first-order valence-electron chi connectivity index (χ1n) is 5.36. The van der Waals surface area contributed by atoms with Gasteiger partial charge in [0, 0.05) is 23.5 Å². The van der Waals surface area contributed by atoms with E-state index in [1.165, 1.54) is 0 Å². The molecule has 0 unspecified atom stereocenters. The van der Waals surface area contributed by atoms with Crippen LogP contribution >= 0.6 is 0 Å². The molecule has 1 aromatic heterocycles. The number of amides is 1. The van der Waals surface area contributed by atoms with Crippen molar-refractivity contribution in [3.05, 3.63) is 66.0 Å². The number of amidine groups is 1. The number of pyridine rings is 1. The highest BCUT2D eigenvalue weighted by Gasteiger charge is 2.03. The predicted octanol–water partition coefficient (Wildman–Crippen LogP) is 1.13. The maximum Gasteiger partial charge on any atom is 0.271 e. The standard InChI is InChI=1S/C13H12N4O/c14-12(11-7-4-8-15-9-11)16-17-13(18)10-5-2-1-3-6-10/h1-9H,(H2,14,16)(H,17,18). The van der Waals surface area contributed by atoms with Gasteiger partial charge in [0.25, 0.3) is 5.91 Å². The molecule has 0 spiro atoms. The maximum absolute atomic E-state index is 11.7. The molecule has 2 rings (SSSR count). The van der Waals surface area contributed by atoms with Crippen molar-refractivity contribution < 1.29 is 4.79 Å². The Bertz CT molecular complexity index is 552. The Morgan fingerprint density at radius 3 is 2.50 bits per heavy atom. The number of benzene rings is 1. The summed E-state index contributed by atoms with van der Waals surface area (Å²) in [5.74, 6) is -0.0881. The quantitative estimate of drug-likeness (QED) is 0.479. The van der Waals surface area contributed by atoms with Crippen LogP contribution in [0.25, 0.3) is 0 Å². The van der Waals surface area contributed by atoms with E-state index in [4.69, 9.17) is 5.73 Å². The second-order valence-electron chi connectivity index (χ2n) is 3.55. The van der Waals surface area contributed by atoms with Gasteiger partial charge in [-0.15, -0.1) is 0 Å². The van der Waals surface area contributed by atoms with E-state index in [0.717, 1.165) is 0 Å². The molecule has 0 aliphatic rings. The summed E-state index contributed by atoms with van der Waals surface area (Å²) in [6.07, 6.45) is 3.22. The Hall–Kier alpha value is -2.69. The second-order valence-corrected chi connectivity index (χ2v) is 3.55. The molecule has 0 aliphatic heterocycles. The average Bonchev–Trinajstić information content (AvgIpc) is 2.46. The van der Waals surface area contributed by atoms with Gasteiger partial charge in [-0.05, 0) is 24.3 Å². The Balaban J connectivity index is 2.05. The fraction of sp³-hybridized carbons (Fsp3) is 0. The third-order valence-electron chi connectivity index (χ3n) is 2.27. The van der Waals surface area contributed by atoms with Crippen molar-refractivity contribution in [3.8, 4) is 0 Å². The number of carbonyl (C=O) groups is 1. The largest absolute Gasteiger partial charge is 0.382 e. The highest BCUT2D eigenvalue weighted by Crippen LogP contribution is 1.98. The first kappa shape index (κ1) is 11.8. The molecule has 0 saturated heterocycles. The summed E-state index contributed by atoms with van der Waals surface area (Å²) in [6, 6.07) is 12.3. The predicted molar refractivity (Wildman–Crippen MR) is 68.9 cm³/mol. The van der Waals surface area contributed by atoms with Gasteiger partial charge in [-0.3, -0.25) is 9.78 Å². The minimum absolute atomic E-state index is 0.215. The van der Waals surface area contributed by atoms with Gasteiger partial charge in [0.1, 0.15) is 0 Å². The molecule has 2 aromatic rings. The van der Waals surface area contributed by atoms with Gasteiger partial charge >= 0.3 is 0 Å². The minimum atomic E-state index is -0.303. The number of aromatic nitrogens is 1. The summed E-state index contributed by atoms with van der Waals surface area (Å²) in [5, 5.41) is 3.83. The Morgan fingerprint density at radius 2 is 1.83 bits per heavy atom. The van der Waals surface area contributed by atoms with Crippen LogP contribution in [0.3, 0.4) is 0 Å². The summed E-state index contributed by atoms with van der Waals surface area (Å²) in [5.41, 5.74) is 9.30. The molecule has 18 heavy (non-hydrogen) atoms. The Labute approximate surface area is 104 Å². The zero-order chi connectivity index (χ0) is 12.8. The van der Waals surface area contributed by atoms with Crippen LogP contribution in [0.1, 0.15) is 15.9 Å². The van der Waals surface area contributed by atoms with Crippen molar-refractivity contribution >= 4 is 11.7 Å². The maximum atomic E-state index is 11.7. The third kappa shape index (κ3) is 2.91. The lowest BCUT2D eigenvalue weighted by Gasteiger charge is -2.02. The van der Waals surface area contributed by atoms with E-state index in [1.807, 2.05) is 6.07 Å². The van der Waals surface area contributed by atoms with Gasteiger partial charge in [-0.25, -0.2) is 5.43 Å². The van der Waals surface area contributed by atoms with Gasteiger partial charge in [-0.2, -0.15) is 5.10 Å². The topological polar surface area (TPSA) is 80.4 Å². The molecular formula is C13H12N4O. The van der Waals surface area contributed by atoms with Crippen LogP contribution in [0.5, 0.6) is 0 Å². The fourth-order valence-corrected chi connectivity index (χ4v) is 1.34. The zero-order valence-corrected chi connectivity index (χ0v) is 9.58. The van der Waals surface area contributed by atoms with Crippen molar-refractivity contribution in [1.29, 1.82) is 0 Å². The van der Waals surface area contributed by atoms with Crippen LogP contribution in [0.15, 0.2) is 60.0 Å². The van der Waals surface area contributed by atoms with Crippen molar-refractivity contribution in [2.24, 2.45) is 10.8 Å². The Morgan fingerprint density at radius 1 is 1.11 bits per heavy atom. The van der Waals surface area contributed by atoms with E-state index in [2.05, 4.69) is 15.5 Å². The molecule has 3 N–H and O–H groups in total. The molecule has 1 aromatic carbocycles. The van der Waals surface area contributed by atoms with Crippen molar-refractivity contribution in [3.63, 3.8) is 0 Å². The number of nitrogens with two attached hydrogens (primary N) is 1. The molecule has 0 bridgehead atoms. The van der Waals surface area contributed by atoms with Gasteiger partial charge in [0.15, 0.2) is 5.84 Å². The number of hydrogen-bond donors (Lipinski definition) is 2. The molecule has 90 valence electrons. The van der Waals surface area contributed by atoms with Crippen LogP contribution in [-0.2, 0) is 0 Å². The number of hydrazone groups is 1. The summed E-state index contributed by atoms with van der Waals surface area (Å²) < 4.78 is 0. The lowest BCUT2D eigenvalue weighted by molar-refractivity contribution is 0.0955. The minimum Gasteiger partial charge on any atom is -0.382 e. The van der Waals surface area contributed by atoms with Crippen LogP contribution in [-0.4, -0.2) is 16.7 Å². The first-order chi connectivity index (χ1) is 8.77. The molecule has 0 aliphatic carbocycles. The molecule has 0 radical (unpaired) electrons. The second kappa shape index (κ2) is 5.58. The van der Waals surface area contributed by atoms with E-state index in [1.54, 1.807) is 48.8 Å². The highest BCUT2D eigenvalue weighted by atomic mass is 16.2. The lowest BCUT2D eigenvalue weighted by atomic mass is 10.2. The van der Waals surface area contributed by atoms with Gasteiger partial charge in [0.05, 0.1) is 0 Å². The van der Waals surface area contributed by atoms with Gasteiger partial charge in [-0.1, -0.05) is 18.2 Å². The number of nitrogens with one attached hydrogen (secondary N) is 1. The molecule has 1 amide bonds. The SMILES string of the molecule is N/C(=N\NC(=O)c1ccccc1)c1cccnc1. The molecule has 5 heteroatoms. The number of hydrogen-bond acceptors (Lipinski definition) is 3. The molecule has 0 atom stereocenters. The summed E-state index contributed by atoms with van der Waals surface area (Å²) in [6.45, 7) is 0. The molecule has 0 fully saturated rings. The fourth-order valence-electron chi connectivity index (χ4n) is 1.34. The van der Waals surface area contributed by atoms with Crippen molar-refractivity contribution in [2.75, 3.05) is 0 Å². The smallest absolute Gasteiger partial charge is 0.271 e. The van der Waals surface area contributed by atoms with Crippen molar-refractivity contribution in [1.82, 2.24) is 10.4 Å². The molecule has 1 heterocycles. The summed E-state index contributed by atoms with van der Waals surface area (Å²) >= 11 is 0. The van der Waals surface area contributed by atoms with Gasteiger partial charge < -0.3 is 5.73 Å². The summed E-state index contributed by atoms with van der Waals surface area (Å²) in [4.78, 5) is 15.6. The zero-order valence-electron chi connectivity index (χ0n) is 9.58. The first-order valence-corrected chi connectivity index (χ1v) is 5.36. The van der Waals surface area contributed by atoms with Gasteiger partial charge in [0.2, 0.25) is 0 Å².